The monoisotopic (exact) mass is 407 g/mol. The van der Waals surface area contributed by atoms with Gasteiger partial charge in [-0.15, -0.1) is 0 Å². The summed E-state index contributed by atoms with van der Waals surface area (Å²) in [5, 5.41) is 1.27. The Hall–Kier alpha value is -3.06. The highest BCUT2D eigenvalue weighted by atomic mass is 32.2. The van der Waals surface area contributed by atoms with E-state index in [2.05, 4.69) is 9.97 Å². The second kappa shape index (κ2) is 8.13. The molecule has 2 aromatic heterocycles. The van der Waals surface area contributed by atoms with Crippen LogP contribution in [0, 0.1) is 6.92 Å². The summed E-state index contributed by atoms with van der Waals surface area (Å²) in [5.74, 6) is 2.71. The van der Waals surface area contributed by atoms with Crippen LogP contribution >= 0.6 is 11.8 Å². The number of rotatable bonds is 6. The number of aryl methyl sites for hydroxylation is 1. The summed E-state index contributed by atoms with van der Waals surface area (Å²) in [7, 11) is 1.74. The molecule has 29 heavy (non-hydrogen) atoms. The predicted octanol–water partition coefficient (Wildman–Crippen LogP) is 4.59. The second-order valence-electron chi connectivity index (χ2n) is 6.54. The standard InChI is InChI=1S/C22H21N3O3S/c1-4-27-16-11-9-15(10-12-16)20-23-19(14(2)28-20)13-29-22-24-18-8-6-5-7-17(18)21(26)25(22)3/h5-12H,4,13H2,1-3H3. The number of hydrogen-bond acceptors (Lipinski definition) is 6. The van der Waals surface area contributed by atoms with Gasteiger partial charge in [0.25, 0.3) is 5.56 Å². The van der Waals surface area contributed by atoms with Gasteiger partial charge in [0.15, 0.2) is 5.16 Å². The lowest BCUT2D eigenvalue weighted by molar-refractivity contribution is 0.340. The molecule has 4 rings (SSSR count). The molecule has 0 saturated carbocycles. The van der Waals surface area contributed by atoms with Gasteiger partial charge in [-0.2, -0.15) is 0 Å². The summed E-state index contributed by atoms with van der Waals surface area (Å²) in [6.45, 7) is 4.48. The molecule has 148 valence electrons. The van der Waals surface area contributed by atoms with Crippen LogP contribution in [0.1, 0.15) is 18.4 Å². The molecule has 0 fully saturated rings. The molecule has 0 saturated heterocycles. The summed E-state index contributed by atoms with van der Waals surface area (Å²) in [5.41, 5.74) is 2.38. The van der Waals surface area contributed by atoms with E-state index in [9.17, 15) is 4.79 Å². The van der Waals surface area contributed by atoms with Crippen LogP contribution in [0.3, 0.4) is 0 Å². The number of aromatic nitrogens is 3. The lowest BCUT2D eigenvalue weighted by Gasteiger charge is -2.07. The topological polar surface area (TPSA) is 70.2 Å². The van der Waals surface area contributed by atoms with Gasteiger partial charge in [-0.1, -0.05) is 23.9 Å². The normalized spacial score (nSPS) is 11.1. The highest BCUT2D eigenvalue weighted by molar-refractivity contribution is 7.98. The third kappa shape index (κ3) is 3.91. The third-order valence-corrected chi connectivity index (χ3v) is 5.63. The van der Waals surface area contributed by atoms with Crippen LogP contribution in [-0.4, -0.2) is 21.1 Å². The number of fused-ring (bicyclic) bond motifs is 1. The van der Waals surface area contributed by atoms with Crippen molar-refractivity contribution in [3.8, 4) is 17.2 Å². The van der Waals surface area contributed by atoms with Gasteiger partial charge in [0.05, 0.1) is 23.2 Å². The SMILES string of the molecule is CCOc1ccc(-c2nc(CSc3nc4ccccc4c(=O)n3C)c(C)o2)cc1. The van der Waals surface area contributed by atoms with Crippen LogP contribution in [-0.2, 0) is 12.8 Å². The Bertz CT molecular complexity index is 1210. The molecule has 0 aliphatic rings. The number of nitrogens with zero attached hydrogens (tertiary/aromatic N) is 3. The predicted molar refractivity (Wildman–Crippen MR) is 114 cm³/mol. The first-order chi connectivity index (χ1) is 14.1. The molecule has 0 radical (unpaired) electrons. The third-order valence-electron chi connectivity index (χ3n) is 4.59. The van der Waals surface area contributed by atoms with Gasteiger partial charge in [-0.05, 0) is 50.2 Å². The highest BCUT2D eigenvalue weighted by Crippen LogP contribution is 2.28. The van der Waals surface area contributed by atoms with E-state index in [1.165, 1.54) is 11.8 Å². The quantitative estimate of drug-likeness (QED) is 0.344. The molecular formula is C22H21N3O3S. The number of hydrogen-bond donors (Lipinski definition) is 0. The molecule has 0 aliphatic carbocycles. The van der Waals surface area contributed by atoms with Crippen molar-refractivity contribution in [2.24, 2.45) is 7.05 Å². The van der Waals surface area contributed by atoms with Crippen LogP contribution in [0.4, 0.5) is 0 Å². The smallest absolute Gasteiger partial charge is 0.261 e. The fourth-order valence-corrected chi connectivity index (χ4v) is 3.98. The molecule has 7 heteroatoms. The van der Waals surface area contributed by atoms with Crippen LogP contribution in [0.25, 0.3) is 22.4 Å². The Morgan fingerprint density at radius 2 is 1.86 bits per heavy atom. The van der Waals surface area contributed by atoms with Crippen molar-refractivity contribution in [3.05, 3.63) is 70.3 Å². The first kappa shape index (κ1) is 19.3. The summed E-state index contributed by atoms with van der Waals surface area (Å²) in [6.07, 6.45) is 0. The number of thioether (sulfide) groups is 1. The Morgan fingerprint density at radius 3 is 2.62 bits per heavy atom. The minimum atomic E-state index is -0.0509. The second-order valence-corrected chi connectivity index (χ2v) is 7.49. The van der Waals surface area contributed by atoms with Crippen LogP contribution in [0.5, 0.6) is 5.75 Å². The molecule has 4 aromatic rings. The van der Waals surface area contributed by atoms with Crippen molar-refractivity contribution in [1.82, 2.24) is 14.5 Å². The fourth-order valence-electron chi connectivity index (χ4n) is 3.01. The summed E-state index contributed by atoms with van der Waals surface area (Å²) < 4.78 is 12.9. The van der Waals surface area contributed by atoms with Crippen LogP contribution in [0.15, 0.2) is 62.9 Å². The van der Waals surface area contributed by atoms with Gasteiger partial charge in [0, 0.05) is 18.4 Å². The lowest BCUT2D eigenvalue weighted by atomic mass is 10.2. The molecule has 0 N–H and O–H groups in total. The van der Waals surface area contributed by atoms with Crippen molar-refractivity contribution in [2.75, 3.05) is 6.61 Å². The Morgan fingerprint density at radius 1 is 1.10 bits per heavy atom. The van der Waals surface area contributed by atoms with E-state index in [-0.39, 0.29) is 5.56 Å². The van der Waals surface area contributed by atoms with E-state index in [1.807, 2.05) is 56.3 Å². The Kier molecular flexibility index (Phi) is 5.40. The van der Waals surface area contributed by atoms with E-state index < -0.39 is 0 Å². The zero-order valence-corrected chi connectivity index (χ0v) is 17.3. The first-order valence-corrected chi connectivity index (χ1v) is 10.3. The maximum absolute atomic E-state index is 12.6. The molecule has 0 aliphatic heterocycles. The number of oxazole rings is 1. The molecule has 0 unspecified atom stereocenters. The van der Waals surface area contributed by atoms with E-state index in [0.717, 1.165) is 22.8 Å². The fraction of sp³-hybridized carbons (Fsp3) is 0.227. The molecule has 0 atom stereocenters. The molecule has 2 aromatic carbocycles. The highest BCUT2D eigenvalue weighted by Gasteiger charge is 2.14. The maximum atomic E-state index is 12.6. The van der Waals surface area contributed by atoms with Crippen LogP contribution in [0.2, 0.25) is 0 Å². The number of para-hydroxylation sites is 1. The summed E-state index contributed by atoms with van der Waals surface area (Å²) in [6, 6.07) is 15.1. The van der Waals surface area contributed by atoms with Gasteiger partial charge in [-0.25, -0.2) is 9.97 Å². The minimum absolute atomic E-state index is 0.0509. The van der Waals surface area contributed by atoms with Crippen LogP contribution < -0.4 is 10.3 Å². The lowest BCUT2D eigenvalue weighted by Crippen LogP contribution is -2.19. The molecule has 2 heterocycles. The van der Waals surface area contributed by atoms with E-state index in [4.69, 9.17) is 9.15 Å². The zero-order chi connectivity index (χ0) is 20.4. The summed E-state index contributed by atoms with van der Waals surface area (Å²) in [4.78, 5) is 21.8. The molecule has 6 nitrogen and oxygen atoms in total. The van der Waals surface area contributed by atoms with Crippen molar-refractivity contribution in [3.63, 3.8) is 0 Å². The van der Waals surface area contributed by atoms with Gasteiger partial charge in [-0.3, -0.25) is 9.36 Å². The summed E-state index contributed by atoms with van der Waals surface area (Å²) >= 11 is 1.47. The molecule has 0 amide bonds. The number of benzene rings is 2. The Balaban J connectivity index is 1.56. The largest absolute Gasteiger partial charge is 0.494 e. The van der Waals surface area contributed by atoms with Gasteiger partial charge in [0.2, 0.25) is 5.89 Å². The van der Waals surface area contributed by atoms with Gasteiger partial charge < -0.3 is 9.15 Å². The average Bonchev–Trinajstić information content (AvgIpc) is 3.11. The average molecular weight is 407 g/mol. The molecule has 0 spiro atoms. The van der Waals surface area contributed by atoms with Gasteiger partial charge in [0.1, 0.15) is 11.5 Å². The molecular weight excluding hydrogens is 386 g/mol. The number of ether oxygens (including phenoxy) is 1. The van der Waals surface area contributed by atoms with E-state index >= 15 is 0 Å². The molecule has 0 bridgehead atoms. The van der Waals surface area contributed by atoms with Crippen molar-refractivity contribution in [1.29, 1.82) is 0 Å². The van der Waals surface area contributed by atoms with Crippen molar-refractivity contribution < 1.29 is 9.15 Å². The Labute approximate surface area is 172 Å². The van der Waals surface area contributed by atoms with Gasteiger partial charge >= 0.3 is 0 Å². The van der Waals surface area contributed by atoms with E-state index in [1.54, 1.807) is 17.7 Å². The first-order valence-electron chi connectivity index (χ1n) is 9.35. The van der Waals surface area contributed by atoms with Crippen molar-refractivity contribution >= 4 is 22.7 Å². The minimum Gasteiger partial charge on any atom is -0.494 e. The zero-order valence-electron chi connectivity index (χ0n) is 16.5. The van der Waals surface area contributed by atoms with E-state index in [0.29, 0.717) is 34.3 Å². The maximum Gasteiger partial charge on any atom is 0.261 e. The van der Waals surface area contributed by atoms with Crippen molar-refractivity contribution in [2.45, 2.75) is 24.8 Å².